The quantitative estimate of drug-likeness (QED) is 0.479. The molecule has 0 bridgehead atoms. The number of aryl methyl sites for hydroxylation is 1. The fourth-order valence-corrected chi connectivity index (χ4v) is 4.05. The molecule has 0 amide bonds. The molecule has 1 aromatic carbocycles. The van der Waals surface area contributed by atoms with Crippen LogP contribution in [0, 0.1) is 12.8 Å². The van der Waals surface area contributed by atoms with Gasteiger partial charge in [0.2, 0.25) is 0 Å². The Balaban J connectivity index is 2.39. The van der Waals surface area contributed by atoms with E-state index < -0.39 is 0 Å². The molecule has 0 N–H and O–H groups in total. The van der Waals surface area contributed by atoms with Gasteiger partial charge in [-0.25, -0.2) is 0 Å². The maximum absolute atomic E-state index is 3.94. The molecule has 0 spiro atoms. The largest absolute Gasteiger partial charge is 0.0988 e. The van der Waals surface area contributed by atoms with Gasteiger partial charge in [-0.1, -0.05) is 84.1 Å². The molecule has 0 aliphatic heterocycles. The van der Waals surface area contributed by atoms with E-state index in [4.69, 9.17) is 0 Å². The van der Waals surface area contributed by atoms with Gasteiger partial charge in [0.15, 0.2) is 0 Å². The van der Waals surface area contributed by atoms with E-state index in [1.807, 2.05) is 6.08 Å². The van der Waals surface area contributed by atoms with Crippen LogP contribution in [0.15, 0.2) is 48.1 Å². The van der Waals surface area contributed by atoms with Crippen molar-refractivity contribution in [1.29, 1.82) is 0 Å². The second-order valence-corrected chi connectivity index (χ2v) is 9.81. The first-order valence-electron chi connectivity index (χ1n) is 10.1. The molecule has 0 saturated heterocycles. The minimum atomic E-state index is 0.276. The zero-order valence-corrected chi connectivity index (χ0v) is 18.3. The molecular weight excluding hydrogens is 312 g/mol. The topological polar surface area (TPSA) is 0 Å². The van der Waals surface area contributed by atoms with Gasteiger partial charge in [0.1, 0.15) is 0 Å². The number of hydrogen-bond acceptors (Lipinski definition) is 0. The molecule has 0 saturated carbocycles. The molecule has 0 aromatic heterocycles. The van der Waals surface area contributed by atoms with E-state index in [9.17, 15) is 0 Å². The molecule has 0 fully saturated rings. The molecule has 0 heteroatoms. The van der Waals surface area contributed by atoms with Crippen LogP contribution in [0.1, 0.15) is 83.6 Å². The predicted octanol–water partition coefficient (Wildman–Crippen LogP) is 7.60. The van der Waals surface area contributed by atoms with Crippen molar-refractivity contribution < 1.29 is 0 Å². The molecule has 26 heavy (non-hydrogen) atoms. The second-order valence-electron chi connectivity index (χ2n) is 9.81. The number of benzene rings is 1. The highest BCUT2D eigenvalue weighted by atomic mass is 14.4. The minimum absolute atomic E-state index is 0.276. The van der Waals surface area contributed by atoms with Crippen molar-refractivity contribution in [3.05, 3.63) is 70.3 Å². The highest BCUT2D eigenvalue weighted by molar-refractivity contribution is 5.48. The average molecular weight is 351 g/mol. The van der Waals surface area contributed by atoms with E-state index in [0.717, 1.165) is 6.42 Å². The smallest absolute Gasteiger partial charge is 0.00640 e. The van der Waals surface area contributed by atoms with Crippen LogP contribution in [0.25, 0.3) is 0 Å². The maximum atomic E-state index is 3.94. The van der Waals surface area contributed by atoms with Gasteiger partial charge in [-0.05, 0) is 77.7 Å². The van der Waals surface area contributed by atoms with Crippen molar-refractivity contribution in [2.24, 2.45) is 5.92 Å². The summed E-state index contributed by atoms with van der Waals surface area (Å²) < 4.78 is 0. The van der Waals surface area contributed by atoms with E-state index in [1.54, 1.807) is 11.1 Å². The van der Waals surface area contributed by atoms with Crippen LogP contribution < -0.4 is 0 Å². The molecule has 0 unspecified atom stereocenters. The van der Waals surface area contributed by atoms with Crippen molar-refractivity contribution in [1.82, 2.24) is 0 Å². The fourth-order valence-electron chi connectivity index (χ4n) is 4.05. The van der Waals surface area contributed by atoms with Crippen molar-refractivity contribution >= 4 is 0 Å². The standard InChI is InChI=1S/C26H38/c1-10-21(18(2)3)12-11-19(4)15-22-17-24-23(16-20(22)5)25(6,7)13-14-26(24,8)9/h10-12,16-18H,1,13-15H2,2-9H3/b19-11+,21-12+. The van der Waals surface area contributed by atoms with Crippen molar-refractivity contribution in [2.45, 2.75) is 85.5 Å². The number of rotatable bonds is 5. The van der Waals surface area contributed by atoms with E-state index in [1.165, 1.54) is 35.1 Å². The molecule has 0 heterocycles. The molecule has 1 aliphatic carbocycles. The van der Waals surface area contributed by atoms with Gasteiger partial charge in [0, 0.05) is 0 Å². The van der Waals surface area contributed by atoms with Crippen LogP contribution in [0.5, 0.6) is 0 Å². The summed E-state index contributed by atoms with van der Waals surface area (Å²) in [5.41, 5.74) is 9.30. The second kappa shape index (κ2) is 7.59. The summed E-state index contributed by atoms with van der Waals surface area (Å²) in [4.78, 5) is 0. The molecule has 0 nitrogen and oxygen atoms in total. The van der Waals surface area contributed by atoms with Gasteiger partial charge in [-0.15, -0.1) is 0 Å². The minimum Gasteiger partial charge on any atom is -0.0988 e. The fraction of sp³-hybridized carbons (Fsp3) is 0.538. The summed E-state index contributed by atoms with van der Waals surface area (Å²) in [6, 6.07) is 4.97. The number of fused-ring (bicyclic) bond motifs is 1. The molecule has 2 rings (SSSR count). The number of hydrogen-bond donors (Lipinski definition) is 0. The lowest BCUT2D eigenvalue weighted by molar-refractivity contribution is 0.331. The molecule has 0 atom stereocenters. The zero-order chi connectivity index (χ0) is 19.7. The summed E-state index contributed by atoms with van der Waals surface area (Å²) >= 11 is 0. The summed E-state index contributed by atoms with van der Waals surface area (Å²) in [6.07, 6.45) is 10.0. The van der Waals surface area contributed by atoms with Crippen molar-refractivity contribution in [3.8, 4) is 0 Å². The third-order valence-corrected chi connectivity index (χ3v) is 6.24. The first-order chi connectivity index (χ1) is 12.0. The van der Waals surface area contributed by atoms with E-state index >= 15 is 0 Å². The summed E-state index contributed by atoms with van der Waals surface area (Å²) in [5.74, 6) is 0.519. The molecule has 1 aliphatic rings. The van der Waals surface area contributed by atoms with Gasteiger partial charge in [-0.2, -0.15) is 0 Å². The van der Waals surface area contributed by atoms with Gasteiger partial charge < -0.3 is 0 Å². The Morgan fingerprint density at radius 1 is 1.04 bits per heavy atom. The van der Waals surface area contributed by atoms with Crippen LogP contribution in [0.2, 0.25) is 0 Å². The molecule has 1 aromatic rings. The molecule has 0 radical (unpaired) electrons. The monoisotopic (exact) mass is 350 g/mol. The van der Waals surface area contributed by atoms with E-state index in [2.05, 4.69) is 86.3 Å². The Kier molecular flexibility index (Phi) is 6.06. The summed E-state index contributed by atoms with van der Waals surface area (Å²) in [5, 5.41) is 0. The highest BCUT2D eigenvalue weighted by Crippen LogP contribution is 2.46. The van der Waals surface area contributed by atoms with Crippen LogP contribution in [0.4, 0.5) is 0 Å². The maximum Gasteiger partial charge on any atom is -0.00640 e. The third kappa shape index (κ3) is 4.40. The lowest BCUT2D eigenvalue weighted by atomic mass is 9.62. The van der Waals surface area contributed by atoms with E-state index in [-0.39, 0.29) is 10.8 Å². The summed E-state index contributed by atoms with van der Waals surface area (Å²) in [7, 11) is 0. The van der Waals surface area contributed by atoms with Gasteiger partial charge in [0.05, 0.1) is 0 Å². The Bertz CT molecular complexity index is 736. The SMILES string of the molecule is C=C/C(=C\C=C(/C)Cc1cc2c(cc1C)C(C)(C)CCC2(C)C)C(C)C. The Hall–Kier alpha value is -1.56. The third-order valence-electron chi connectivity index (χ3n) is 6.24. The Morgan fingerprint density at radius 2 is 1.58 bits per heavy atom. The van der Waals surface area contributed by atoms with Gasteiger partial charge in [-0.3, -0.25) is 0 Å². The van der Waals surface area contributed by atoms with E-state index in [0.29, 0.717) is 5.92 Å². The van der Waals surface area contributed by atoms with Gasteiger partial charge in [0.25, 0.3) is 0 Å². The van der Waals surface area contributed by atoms with Gasteiger partial charge >= 0.3 is 0 Å². The van der Waals surface area contributed by atoms with Crippen molar-refractivity contribution in [3.63, 3.8) is 0 Å². The van der Waals surface area contributed by atoms with Crippen molar-refractivity contribution in [2.75, 3.05) is 0 Å². The first kappa shape index (κ1) is 20.7. The van der Waals surface area contributed by atoms with Crippen LogP contribution in [0.3, 0.4) is 0 Å². The van der Waals surface area contributed by atoms with Crippen LogP contribution in [-0.4, -0.2) is 0 Å². The molecular formula is C26H38. The molecule has 142 valence electrons. The predicted molar refractivity (Wildman–Crippen MR) is 117 cm³/mol. The normalized spacial score (nSPS) is 19.4. The first-order valence-corrected chi connectivity index (χ1v) is 10.1. The summed E-state index contributed by atoms with van der Waals surface area (Å²) in [6.45, 7) is 22.5. The highest BCUT2D eigenvalue weighted by Gasteiger charge is 2.37. The van der Waals surface area contributed by atoms with Crippen LogP contribution in [-0.2, 0) is 17.3 Å². The number of allylic oxidation sites excluding steroid dienone is 5. The Labute approximate surface area is 162 Å². The lowest BCUT2D eigenvalue weighted by Gasteiger charge is -2.42. The average Bonchev–Trinajstić information content (AvgIpc) is 2.53. The Morgan fingerprint density at radius 3 is 2.08 bits per heavy atom. The van der Waals surface area contributed by atoms with Crippen LogP contribution >= 0.6 is 0 Å². The zero-order valence-electron chi connectivity index (χ0n) is 18.3. The lowest BCUT2D eigenvalue weighted by Crippen LogP contribution is -2.34.